The van der Waals surface area contributed by atoms with Gasteiger partial charge in [-0.25, -0.2) is 0 Å². The van der Waals surface area contributed by atoms with Gasteiger partial charge in [-0.05, 0) is 20.8 Å². The molecule has 0 aliphatic rings. The minimum Gasteiger partial charge on any atom is -0.390 e. The molecule has 0 unspecified atom stereocenters. The van der Waals surface area contributed by atoms with Gasteiger partial charge in [0, 0.05) is 24.7 Å². The van der Waals surface area contributed by atoms with E-state index in [0.717, 1.165) is 11.4 Å². The van der Waals surface area contributed by atoms with Crippen LogP contribution in [0.3, 0.4) is 0 Å². The smallest absolute Gasteiger partial charge is 0.0453 e. The highest BCUT2D eigenvalue weighted by atomic mass is 14.8. The van der Waals surface area contributed by atoms with Crippen molar-refractivity contribution in [2.75, 3.05) is 7.05 Å². The Kier molecular flexibility index (Phi) is 3.76. The van der Waals surface area contributed by atoms with Crippen molar-refractivity contribution >= 4 is 5.71 Å². The maximum atomic E-state index is 4.09. The SMILES string of the molecule is CN/C(C)=C/N=C(C)C. The molecule has 52 valence electrons. The summed E-state index contributed by atoms with van der Waals surface area (Å²) in [4.78, 5) is 4.09. The van der Waals surface area contributed by atoms with E-state index < -0.39 is 0 Å². The Morgan fingerprint density at radius 1 is 1.33 bits per heavy atom. The van der Waals surface area contributed by atoms with Gasteiger partial charge in [0.15, 0.2) is 0 Å². The molecule has 0 radical (unpaired) electrons. The number of hydrogen-bond donors (Lipinski definition) is 1. The third-order valence-corrected chi connectivity index (χ3v) is 0.911. The molecular formula is C7H14N2. The molecule has 2 heteroatoms. The first-order chi connectivity index (χ1) is 4.16. The molecule has 0 amide bonds. The van der Waals surface area contributed by atoms with Gasteiger partial charge in [0.05, 0.1) is 0 Å². The number of nitrogens with zero attached hydrogens (tertiary/aromatic N) is 1. The summed E-state index contributed by atoms with van der Waals surface area (Å²) < 4.78 is 0. The van der Waals surface area contributed by atoms with Gasteiger partial charge in [0.1, 0.15) is 0 Å². The minimum absolute atomic E-state index is 1.07. The third kappa shape index (κ3) is 5.07. The van der Waals surface area contributed by atoms with E-state index in [-0.39, 0.29) is 0 Å². The molecule has 0 spiro atoms. The topological polar surface area (TPSA) is 24.4 Å². The van der Waals surface area contributed by atoms with Crippen LogP contribution >= 0.6 is 0 Å². The fraction of sp³-hybridized carbons (Fsp3) is 0.571. The van der Waals surface area contributed by atoms with Gasteiger partial charge in [-0.15, -0.1) is 0 Å². The number of nitrogens with one attached hydrogen (secondary N) is 1. The zero-order valence-corrected chi connectivity index (χ0v) is 6.52. The highest BCUT2D eigenvalue weighted by Gasteiger charge is 1.77. The van der Waals surface area contributed by atoms with Crippen molar-refractivity contribution in [1.82, 2.24) is 5.32 Å². The summed E-state index contributed by atoms with van der Waals surface area (Å²) in [6.45, 7) is 5.92. The minimum atomic E-state index is 1.07. The molecule has 0 fully saturated rings. The molecule has 0 aliphatic heterocycles. The summed E-state index contributed by atoms with van der Waals surface area (Å²) >= 11 is 0. The van der Waals surface area contributed by atoms with Crippen molar-refractivity contribution in [3.8, 4) is 0 Å². The molecule has 0 aromatic carbocycles. The van der Waals surface area contributed by atoms with Gasteiger partial charge in [-0.1, -0.05) is 0 Å². The molecule has 0 aliphatic carbocycles. The van der Waals surface area contributed by atoms with Crippen molar-refractivity contribution in [2.45, 2.75) is 20.8 Å². The van der Waals surface area contributed by atoms with Crippen LogP contribution in [0.4, 0.5) is 0 Å². The lowest BCUT2D eigenvalue weighted by molar-refractivity contribution is 0.981. The van der Waals surface area contributed by atoms with E-state index in [4.69, 9.17) is 0 Å². The Morgan fingerprint density at radius 3 is 2.22 bits per heavy atom. The van der Waals surface area contributed by atoms with Gasteiger partial charge in [-0.2, -0.15) is 0 Å². The maximum Gasteiger partial charge on any atom is 0.0453 e. The van der Waals surface area contributed by atoms with Gasteiger partial charge in [0.2, 0.25) is 0 Å². The fourth-order valence-corrected chi connectivity index (χ4v) is 0.290. The molecular weight excluding hydrogens is 112 g/mol. The Morgan fingerprint density at radius 2 is 1.89 bits per heavy atom. The Balaban J connectivity index is 3.83. The van der Waals surface area contributed by atoms with Crippen molar-refractivity contribution in [3.05, 3.63) is 11.9 Å². The zero-order valence-electron chi connectivity index (χ0n) is 6.52. The molecule has 0 aromatic rings. The Labute approximate surface area is 56.7 Å². The summed E-state index contributed by atoms with van der Waals surface area (Å²) in [5.41, 5.74) is 2.15. The van der Waals surface area contributed by atoms with E-state index in [1.165, 1.54) is 0 Å². The van der Waals surface area contributed by atoms with E-state index in [2.05, 4.69) is 10.3 Å². The largest absolute Gasteiger partial charge is 0.390 e. The molecule has 0 heterocycles. The maximum absolute atomic E-state index is 4.09. The first-order valence-corrected chi connectivity index (χ1v) is 3.02. The number of aliphatic imine (C=N–C) groups is 1. The van der Waals surface area contributed by atoms with Crippen LogP contribution in [0.15, 0.2) is 16.9 Å². The van der Waals surface area contributed by atoms with E-state index in [1.807, 2.05) is 34.0 Å². The van der Waals surface area contributed by atoms with Crippen LogP contribution in [0.2, 0.25) is 0 Å². The predicted octanol–water partition coefficient (Wildman–Crippen LogP) is 1.55. The summed E-state index contributed by atoms with van der Waals surface area (Å²) in [6, 6.07) is 0. The normalized spacial score (nSPS) is 10.9. The van der Waals surface area contributed by atoms with Gasteiger partial charge >= 0.3 is 0 Å². The molecule has 0 aromatic heterocycles. The quantitative estimate of drug-likeness (QED) is 0.558. The second-order valence-electron chi connectivity index (χ2n) is 2.14. The third-order valence-electron chi connectivity index (χ3n) is 0.911. The standard InChI is InChI=1S/C7H14N2/c1-6(2)9-5-7(3)8-4/h5,8H,1-4H3/b7-5+. The zero-order chi connectivity index (χ0) is 7.28. The van der Waals surface area contributed by atoms with Crippen LogP contribution in [-0.4, -0.2) is 12.8 Å². The second-order valence-corrected chi connectivity index (χ2v) is 2.14. The predicted molar refractivity (Wildman–Crippen MR) is 41.6 cm³/mol. The highest BCUT2D eigenvalue weighted by Crippen LogP contribution is 1.85. The summed E-state index contributed by atoms with van der Waals surface area (Å²) in [7, 11) is 1.88. The van der Waals surface area contributed by atoms with E-state index >= 15 is 0 Å². The van der Waals surface area contributed by atoms with Crippen molar-refractivity contribution < 1.29 is 0 Å². The molecule has 2 nitrogen and oxygen atoms in total. The van der Waals surface area contributed by atoms with Crippen molar-refractivity contribution in [2.24, 2.45) is 4.99 Å². The highest BCUT2D eigenvalue weighted by molar-refractivity contribution is 5.79. The van der Waals surface area contributed by atoms with Gasteiger partial charge in [-0.3, -0.25) is 4.99 Å². The number of hydrogen-bond acceptors (Lipinski definition) is 2. The van der Waals surface area contributed by atoms with Crippen LogP contribution < -0.4 is 5.32 Å². The molecule has 9 heavy (non-hydrogen) atoms. The van der Waals surface area contributed by atoms with Crippen LogP contribution in [-0.2, 0) is 0 Å². The number of allylic oxidation sites excluding steroid dienone is 1. The molecule has 0 atom stereocenters. The first-order valence-electron chi connectivity index (χ1n) is 3.02. The summed E-state index contributed by atoms with van der Waals surface area (Å²) in [5, 5.41) is 2.97. The average molecular weight is 126 g/mol. The summed E-state index contributed by atoms with van der Waals surface area (Å²) in [6.07, 6.45) is 1.81. The lowest BCUT2D eigenvalue weighted by Crippen LogP contribution is -2.00. The van der Waals surface area contributed by atoms with E-state index in [0.29, 0.717) is 0 Å². The summed E-state index contributed by atoms with van der Waals surface area (Å²) in [5.74, 6) is 0. The van der Waals surface area contributed by atoms with Crippen LogP contribution in [0.5, 0.6) is 0 Å². The molecule has 0 bridgehead atoms. The average Bonchev–Trinajstić information content (AvgIpc) is 1.83. The molecule has 0 saturated carbocycles. The van der Waals surface area contributed by atoms with Gasteiger partial charge in [0.25, 0.3) is 0 Å². The Hall–Kier alpha value is -0.790. The monoisotopic (exact) mass is 126 g/mol. The molecule has 0 saturated heterocycles. The number of rotatable bonds is 2. The van der Waals surface area contributed by atoms with Crippen LogP contribution in [0, 0.1) is 0 Å². The van der Waals surface area contributed by atoms with Crippen molar-refractivity contribution in [3.63, 3.8) is 0 Å². The van der Waals surface area contributed by atoms with E-state index in [9.17, 15) is 0 Å². The van der Waals surface area contributed by atoms with Crippen LogP contribution in [0.25, 0.3) is 0 Å². The second kappa shape index (κ2) is 4.13. The fourth-order valence-electron chi connectivity index (χ4n) is 0.290. The first kappa shape index (κ1) is 8.21. The lowest BCUT2D eigenvalue weighted by atomic mass is 10.5. The van der Waals surface area contributed by atoms with Gasteiger partial charge < -0.3 is 5.32 Å². The molecule has 1 N–H and O–H groups in total. The van der Waals surface area contributed by atoms with E-state index in [1.54, 1.807) is 0 Å². The Bertz CT molecular complexity index is 130. The molecule has 0 rings (SSSR count). The van der Waals surface area contributed by atoms with Crippen molar-refractivity contribution in [1.29, 1.82) is 0 Å². The van der Waals surface area contributed by atoms with Crippen LogP contribution in [0.1, 0.15) is 20.8 Å². The lowest BCUT2D eigenvalue weighted by Gasteiger charge is -1.93.